The van der Waals surface area contributed by atoms with Crippen LogP contribution >= 0.6 is 0 Å². The number of likely N-dealkylation sites (tertiary alicyclic amines) is 2. The Morgan fingerprint density at radius 3 is 1.69 bits per heavy atom. The Kier molecular flexibility index (Phi) is 15.2. The van der Waals surface area contributed by atoms with Crippen LogP contribution in [0.1, 0.15) is 107 Å². The van der Waals surface area contributed by atoms with Crippen LogP contribution in [0.2, 0.25) is 0 Å². The number of hydrogen-bond acceptors (Lipinski definition) is 13. The molecule has 0 spiro atoms. The first-order chi connectivity index (χ1) is 32.7. The maximum absolute atomic E-state index is 14.7. The molecule has 6 N–H and O–H groups in total. The number of methoxy groups -OCH3 is 1. The summed E-state index contributed by atoms with van der Waals surface area (Å²) in [5, 5.41) is 7.33. The standard InChI is InChI=1S/C27H34N4O3.C26H31FN4O2/c1-33-25-7-5-18-4-6-22(32)14-23(18)27(25)24(28)17-31-10-8-20(9-11-31)29-15-21-13-19-3-2-12-34-26(19)16-30-21;27-23-6-4-17-3-5-21(32)13-22(17)26(23)24(28)16-31-9-7-19(8-10-31)29-14-20-12-18-2-1-11-33-25(18)15-30-20/h4-7,13,16,20,24,29H,2-3,8-12,14-15,17,28H2,1H3;3-6,12,15,19,24,29H,1-2,7-11,13-14,16,28H2/t2*24-/m11/s1. The van der Waals surface area contributed by atoms with Crippen LogP contribution in [-0.2, 0) is 48.4 Å². The predicted octanol–water partition coefficient (Wildman–Crippen LogP) is 5.75. The molecule has 2 saturated heterocycles. The van der Waals surface area contributed by atoms with Crippen LogP contribution in [0, 0.1) is 5.82 Å². The largest absolute Gasteiger partial charge is 0.496 e. The highest BCUT2D eigenvalue weighted by atomic mass is 19.1. The Bertz CT molecular complexity index is 2480. The molecule has 4 aliphatic heterocycles. The summed E-state index contributed by atoms with van der Waals surface area (Å²) in [5.74, 6) is 2.43. The van der Waals surface area contributed by atoms with Gasteiger partial charge in [-0.15, -0.1) is 0 Å². The third-order valence-electron chi connectivity index (χ3n) is 14.2. The summed E-state index contributed by atoms with van der Waals surface area (Å²) in [6.45, 7) is 8.26. The number of rotatable bonds is 13. The number of piperidine rings is 2. The van der Waals surface area contributed by atoms with Gasteiger partial charge >= 0.3 is 0 Å². The number of carbonyl (C=O) groups is 2. The van der Waals surface area contributed by atoms with E-state index in [0.717, 1.165) is 167 Å². The van der Waals surface area contributed by atoms with E-state index >= 15 is 0 Å². The SMILES string of the molecule is COc1ccc2c(c1[C@H](N)CN1CCC(NCc3cc4c(cn3)OCCC4)CC1)CC(=O)C=C2.N[C@H](CN1CCC(NCc2cc3c(cn2)OCCC3)CC1)c1c(F)ccc2c1CC(=O)C=C2. The minimum absolute atomic E-state index is 0.00520. The molecule has 67 heavy (non-hydrogen) atoms. The Morgan fingerprint density at radius 1 is 0.701 bits per heavy atom. The van der Waals surface area contributed by atoms with E-state index in [-0.39, 0.29) is 29.8 Å². The molecule has 13 nitrogen and oxygen atoms in total. The lowest BCUT2D eigenvalue weighted by Gasteiger charge is -2.34. The summed E-state index contributed by atoms with van der Waals surface area (Å²) in [7, 11) is 1.67. The molecule has 2 aliphatic carbocycles. The third kappa shape index (κ3) is 11.5. The molecule has 0 bridgehead atoms. The molecule has 10 rings (SSSR count). The minimum atomic E-state index is -0.453. The molecule has 2 aromatic heterocycles. The highest BCUT2D eigenvalue weighted by molar-refractivity contribution is 5.99. The summed E-state index contributed by atoms with van der Waals surface area (Å²) in [6, 6.07) is 11.8. The van der Waals surface area contributed by atoms with Crippen molar-refractivity contribution in [3.63, 3.8) is 0 Å². The second-order valence-corrected chi connectivity index (χ2v) is 18.8. The lowest BCUT2D eigenvalue weighted by atomic mass is 9.88. The number of hydrogen-bond donors (Lipinski definition) is 4. The molecule has 4 aromatic rings. The van der Waals surface area contributed by atoms with Crippen molar-refractivity contribution in [3.8, 4) is 17.2 Å². The fourth-order valence-electron chi connectivity index (χ4n) is 10.5. The second kappa shape index (κ2) is 21.7. The van der Waals surface area contributed by atoms with E-state index in [1.165, 1.54) is 17.2 Å². The van der Waals surface area contributed by atoms with Crippen molar-refractivity contribution in [1.82, 2.24) is 30.4 Å². The Morgan fingerprint density at radius 2 is 1.18 bits per heavy atom. The lowest BCUT2D eigenvalue weighted by molar-refractivity contribution is -0.114. The zero-order valence-corrected chi connectivity index (χ0v) is 38.7. The van der Waals surface area contributed by atoms with Crippen molar-refractivity contribution in [1.29, 1.82) is 0 Å². The molecule has 0 amide bonds. The molecule has 2 aromatic carbocycles. The van der Waals surface area contributed by atoms with Gasteiger partial charge in [-0.2, -0.15) is 0 Å². The van der Waals surface area contributed by atoms with Gasteiger partial charge in [-0.3, -0.25) is 19.6 Å². The van der Waals surface area contributed by atoms with Crippen LogP contribution in [0.15, 0.2) is 60.9 Å². The number of aryl methyl sites for hydroxylation is 2. The van der Waals surface area contributed by atoms with Crippen LogP contribution in [-0.4, -0.2) is 103 Å². The molecule has 14 heteroatoms. The van der Waals surface area contributed by atoms with Gasteiger partial charge in [0.05, 0.1) is 44.1 Å². The van der Waals surface area contributed by atoms with Gasteiger partial charge in [-0.05, 0) is 147 Å². The summed E-state index contributed by atoms with van der Waals surface area (Å²) in [5.41, 5.74) is 23.0. The highest BCUT2D eigenvalue weighted by Gasteiger charge is 2.28. The highest BCUT2D eigenvalue weighted by Crippen LogP contribution is 2.35. The predicted molar refractivity (Wildman–Crippen MR) is 257 cm³/mol. The van der Waals surface area contributed by atoms with Gasteiger partial charge < -0.3 is 46.1 Å². The molecule has 0 radical (unpaired) electrons. The first kappa shape index (κ1) is 46.7. The van der Waals surface area contributed by atoms with E-state index in [2.05, 4.69) is 42.5 Å². The van der Waals surface area contributed by atoms with E-state index in [0.29, 0.717) is 30.6 Å². The van der Waals surface area contributed by atoms with Crippen molar-refractivity contribution in [2.24, 2.45) is 11.5 Å². The number of fused-ring (bicyclic) bond motifs is 4. The Hall–Kier alpha value is -5.35. The molecular formula is C53H65FN8O5. The van der Waals surface area contributed by atoms with Gasteiger partial charge in [0.15, 0.2) is 11.6 Å². The third-order valence-corrected chi connectivity index (χ3v) is 14.2. The first-order valence-corrected chi connectivity index (χ1v) is 24.2. The van der Waals surface area contributed by atoms with Crippen molar-refractivity contribution < 1.29 is 28.2 Å². The normalized spacial score (nSPS) is 19.5. The van der Waals surface area contributed by atoms with Crippen LogP contribution in [0.25, 0.3) is 12.2 Å². The topological polar surface area (TPSA) is 170 Å². The number of carbonyl (C=O) groups excluding carboxylic acids is 2. The zero-order valence-electron chi connectivity index (χ0n) is 38.7. The average molecular weight is 913 g/mol. The molecule has 0 unspecified atom stereocenters. The van der Waals surface area contributed by atoms with Gasteiger partial charge in [0.1, 0.15) is 23.1 Å². The lowest BCUT2D eigenvalue weighted by Crippen LogP contribution is -2.44. The monoisotopic (exact) mass is 913 g/mol. The van der Waals surface area contributed by atoms with Crippen LogP contribution in [0.3, 0.4) is 0 Å². The number of aromatic nitrogens is 2. The van der Waals surface area contributed by atoms with E-state index in [1.807, 2.05) is 30.6 Å². The van der Waals surface area contributed by atoms with Gasteiger partial charge in [-0.1, -0.05) is 24.3 Å². The molecule has 0 saturated carbocycles. The Balaban J connectivity index is 0.000000168. The van der Waals surface area contributed by atoms with Gasteiger partial charge in [0, 0.05) is 74.3 Å². The zero-order chi connectivity index (χ0) is 46.3. The van der Waals surface area contributed by atoms with E-state index in [1.54, 1.807) is 31.4 Å². The van der Waals surface area contributed by atoms with E-state index < -0.39 is 6.04 Å². The summed E-state index contributed by atoms with van der Waals surface area (Å²) >= 11 is 0. The maximum Gasteiger partial charge on any atom is 0.160 e. The molecular weight excluding hydrogens is 848 g/mol. The number of halogens is 1. The smallest absolute Gasteiger partial charge is 0.160 e. The van der Waals surface area contributed by atoms with E-state index in [4.69, 9.17) is 25.7 Å². The number of ketones is 2. The maximum atomic E-state index is 14.7. The summed E-state index contributed by atoms with van der Waals surface area (Å²) in [6.07, 6.45) is 19.6. The summed E-state index contributed by atoms with van der Waals surface area (Å²) in [4.78, 5) is 37.8. The van der Waals surface area contributed by atoms with Gasteiger partial charge in [0.2, 0.25) is 0 Å². The molecule has 2 atom stereocenters. The fraction of sp³-hybridized carbons (Fsp3) is 0.472. The molecule has 354 valence electrons. The number of nitrogens with zero attached hydrogens (tertiary/aromatic N) is 4. The van der Waals surface area contributed by atoms with Crippen molar-refractivity contribution in [3.05, 3.63) is 123 Å². The first-order valence-electron chi connectivity index (χ1n) is 24.2. The van der Waals surface area contributed by atoms with Gasteiger partial charge in [-0.25, -0.2) is 4.39 Å². The van der Waals surface area contributed by atoms with Crippen LogP contribution in [0.4, 0.5) is 4.39 Å². The quantitative estimate of drug-likeness (QED) is 0.128. The van der Waals surface area contributed by atoms with Gasteiger partial charge in [0.25, 0.3) is 0 Å². The number of ether oxygens (including phenoxy) is 3. The minimum Gasteiger partial charge on any atom is -0.496 e. The fourth-order valence-corrected chi connectivity index (χ4v) is 10.5. The van der Waals surface area contributed by atoms with Crippen molar-refractivity contribution in [2.45, 2.75) is 101 Å². The number of benzene rings is 2. The number of pyridine rings is 2. The number of nitrogens with two attached hydrogens (primary N) is 2. The van der Waals surface area contributed by atoms with Crippen molar-refractivity contribution in [2.75, 3.05) is 59.6 Å². The number of nitrogens with one attached hydrogen (secondary N) is 2. The van der Waals surface area contributed by atoms with E-state index in [9.17, 15) is 14.0 Å². The summed E-state index contributed by atoms with van der Waals surface area (Å²) < 4.78 is 31.6. The molecule has 2 fully saturated rings. The average Bonchev–Trinajstić information content (AvgIpc) is 3.35. The van der Waals surface area contributed by atoms with Crippen molar-refractivity contribution >= 4 is 23.7 Å². The molecule has 6 aliphatic rings. The molecule has 6 heterocycles. The number of allylic oxidation sites excluding steroid dienone is 2. The second-order valence-electron chi connectivity index (χ2n) is 18.8. The van der Waals surface area contributed by atoms with Crippen LogP contribution < -0.4 is 36.3 Å². The van der Waals surface area contributed by atoms with Crippen LogP contribution in [0.5, 0.6) is 17.2 Å². The Labute approximate surface area is 393 Å².